The van der Waals surface area contributed by atoms with Crippen LogP contribution in [-0.4, -0.2) is 26.8 Å². The van der Waals surface area contributed by atoms with E-state index in [4.69, 9.17) is 0 Å². The molecule has 1 unspecified atom stereocenters. The number of hydrogen-bond donors (Lipinski definition) is 3. The summed E-state index contributed by atoms with van der Waals surface area (Å²) in [6.07, 6.45) is 3.10. The first-order chi connectivity index (χ1) is 15.2. The van der Waals surface area contributed by atoms with Gasteiger partial charge in [0.2, 0.25) is 11.8 Å². The highest BCUT2D eigenvalue weighted by Crippen LogP contribution is 2.54. The minimum atomic E-state index is -4.34. The van der Waals surface area contributed by atoms with Crippen LogP contribution >= 0.6 is 0 Å². The second kappa shape index (κ2) is 7.26. The van der Waals surface area contributed by atoms with Crippen molar-refractivity contribution in [2.45, 2.75) is 48.3 Å². The second-order valence-corrected chi connectivity index (χ2v) is 10.2. The average Bonchev–Trinajstić information content (AvgIpc) is 2.99. The van der Waals surface area contributed by atoms with Crippen molar-refractivity contribution in [3.63, 3.8) is 0 Å². The van der Waals surface area contributed by atoms with Crippen molar-refractivity contribution in [3.05, 3.63) is 53.1 Å². The molecule has 168 valence electrons. The number of anilines is 2. The Hall–Kier alpha value is -3.01. The van der Waals surface area contributed by atoms with E-state index < -0.39 is 32.0 Å². The minimum Gasteiger partial charge on any atom is -0.355 e. The molecule has 2 fully saturated rings. The molecule has 2 aliphatic heterocycles. The summed E-state index contributed by atoms with van der Waals surface area (Å²) in [7, 11) is -4.34. The number of nitrogens with one attached hydrogen (secondary N) is 3. The summed E-state index contributed by atoms with van der Waals surface area (Å²) < 4.78 is 55.5. The van der Waals surface area contributed by atoms with Crippen LogP contribution in [0.3, 0.4) is 0 Å². The van der Waals surface area contributed by atoms with E-state index in [1.165, 1.54) is 0 Å². The highest BCUT2D eigenvalue weighted by atomic mass is 32.2. The number of fused-ring (bicyclic) bond motifs is 2. The molecule has 10 heteroatoms. The molecule has 0 aromatic heterocycles. The number of rotatable bonds is 4. The van der Waals surface area contributed by atoms with Crippen molar-refractivity contribution < 1.29 is 26.8 Å². The molecule has 1 aliphatic carbocycles. The summed E-state index contributed by atoms with van der Waals surface area (Å²) in [4.78, 5) is 23.8. The molecule has 7 nitrogen and oxygen atoms in total. The molecule has 2 aromatic carbocycles. The first kappa shape index (κ1) is 20.9. The lowest BCUT2D eigenvalue weighted by Gasteiger charge is -2.36. The molecule has 2 amide bonds. The van der Waals surface area contributed by atoms with Crippen LogP contribution in [0.25, 0.3) is 0 Å². The number of benzene rings is 2. The largest absolute Gasteiger partial charge is 0.355 e. The van der Waals surface area contributed by atoms with Crippen LogP contribution in [-0.2, 0) is 25.0 Å². The van der Waals surface area contributed by atoms with Crippen LogP contribution in [0.15, 0.2) is 35.2 Å². The van der Waals surface area contributed by atoms with Crippen LogP contribution in [0.5, 0.6) is 0 Å². The Morgan fingerprint density at radius 2 is 1.88 bits per heavy atom. The van der Waals surface area contributed by atoms with E-state index in [0.717, 1.165) is 29.7 Å². The summed E-state index contributed by atoms with van der Waals surface area (Å²) >= 11 is 0. The lowest BCUT2D eigenvalue weighted by Crippen LogP contribution is -2.40. The lowest BCUT2D eigenvalue weighted by atomic mass is 9.65. The molecule has 0 radical (unpaired) electrons. The van der Waals surface area contributed by atoms with E-state index in [9.17, 15) is 26.8 Å². The molecule has 32 heavy (non-hydrogen) atoms. The standard InChI is InChI=1S/C22H21F2N3O4S/c23-13-3-4-18(17(24)8-13)32(30,31)27-14-9-15(12-2-5-19(28)25-11-12)20-16(10-14)22(6-1-7-22)21(29)26-20/h3-4,8-10,12,27H,1-2,5-7,11H2,(H,25,28)(H,26,29). The maximum Gasteiger partial charge on any atom is 0.264 e. The SMILES string of the molecule is O=C1CCC(c2cc(NS(=O)(=O)c3ccc(F)cc3F)cc3c2NC(=O)C32CCC2)CN1. The van der Waals surface area contributed by atoms with Crippen molar-refractivity contribution in [2.75, 3.05) is 16.6 Å². The molecule has 1 atom stereocenters. The van der Waals surface area contributed by atoms with Gasteiger partial charge in [0.15, 0.2) is 0 Å². The predicted molar refractivity (Wildman–Crippen MR) is 113 cm³/mol. The average molecular weight is 461 g/mol. The van der Waals surface area contributed by atoms with Crippen LogP contribution in [0.4, 0.5) is 20.2 Å². The number of piperidine rings is 1. The first-order valence-corrected chi connectivity index (χ1v) is 11.9. The molecule has 1 saturated carbocycles. The zero-order valence-corrected chi connectivity index (χ0v) is 17.8. The Morgan fingerprint density at radius 1 is 1.09 bits per heavy atom. The van der Waals surface area contributed by atoms with Gasteiger partial charge in [-0.2, -0.15) is 0 Å². The molecule has 1 spiro atoms. The zero-order valence-electron chi connectivity index (χ0n) is 17.0. The number of halogens is 2. The van der Waals surface area contributed by atoms with Crippen molar-refractivity contribution in [3.8, 4) is 0 Å². The molecule has 5 rings (SSSR count). The van der Waals surface area contributed by atoms with Gasteiger partial charge in [-0.05, 0) is 54.7 Å². The summed E-state index contributed by atoms with van der Waals surface area (Å²) in [6.45, 7) is 0.372. The van der Waals surface area contributed by atoms with Crippen LogP contribution in [0.1, 0.15) is 49.1 Å². The predicted octanol–water partition coefficient (Wildman–Crippen LogP) is 3.13. The van der Waals surface area contributed by atoms with E-state index in [-0.39, 0.29) is 23.4 Å². The van der Waals surface area contributed by atoms with Gasteiger partial charge >= 0.3 is 0 Å². The Morgan fingerprint density at radius 3 is 2.50 bits per heavy atom. The smallest absolute Gasteiger partial charge is 0.264 e. The third-order valence-corrected chi connectivity index (χ3v) is 8.12. The first-order valence-electron chi connectivity index (χ1n) is 10.4. The summed E-state index contributed by atoms with van der Waals surface area (Å²) in [5, 5.41) is 5.79. The molecule has 2 aromatic rings. The highest BCUT2D eigenvalue weighted by Gasteiger charge is 2.52. The Balaban J connectivity index is 1.58. The summed E-state index contributed by atoms with van der Waals surface area (Å²) in [5.41, 5.74) is 1.64. The summed E-state index contributed by atoms with van der Waals surface area (Å²) in [6, 6.07) is 5.51. The number of hydrogen-bond acceptors (Lipinski definition) is 4. The van der Waals surface area contributed by atoms with Gasteiger partial charge in [-0.25, -0.2) is 17.2 Å². The van der Waals surface area contributed by atoms with E-state index in [2.05, 4.69) is 15.4 Å². The molecular formula is C22H21F2N3O4S. The van der Waals surface area contributed by atoms with Gasteiger partial charge in [0, 0.05) is 36.3 Å². The number of amides is 2. The minimum absolute atomic E-state index is 0.0546. The quantitative estimate of drug-likeness (QED) is 0.651. The number of carbonyl (C=O) groups excluding carboxylic acids is 2. The van der Waals surface area contributed by atoms with Gasteiger partial charge in [-0.1, -0.05) is 6.42 Å². The Labute approximate surface area is 183 Å². The topological polar surface area (TPSA) is 104 Å². The number of carbonyl (C=O) groups is 2. The third kappa shape index (κ3) is 3.24. The Kier molecular flexibility index (Phi) is 4.74. The zero-order chi connectivity index (χ0) is 22.7. The maximum absolute atomic E-state index is 14.2. The van der Waals surface area contributed by atoms with Crippen molar-refractivity contribution >= 4 is 33.2 Å². The van der Waals surface area contributed by atoms with Gasteiger partial charge in [-0.15, -0.1) is 0 Å². The van der Waals surface area contributed by atoms with Crippen molar-refractivity contribution in [2.24, 2.45) is 0 Å². The van der Waals surface area contributed by atoms with Crippen LogP contribution < -0.4 is 15.4 Å². The maximum atomic E-state index is 14.2. The third-order valence-electron chi connectivity index (χ3n) is 6.71. The van der Waals surface area contributed by atoms with E-state index in [1.807, 2.05) is 0 Å². The number of sulfonamides is 1. The summed E-state index contributed by atoms with van der Waals surface area (Å²) in [5.74, 6) is -2.34. The van der Waals surface area contributed by atoms with E-state index in [1.54, 1.807) is 12.1 Å². The molecule has 2 heterocycles. The molecule has 1 saturated heterocycles. The van der Waals surface area contributed by atoms with Crippen LogP contribution in [0.2, 0.25) is 0 Å². The molecule has 3 N–H and O–H groups in total. The fraction of sp³-hybridized carbons (Fsp3) is 0.364. The van der Waals surface area contributed by atoms with Gasteiger partial charge < -0.3 is 10.6 Å². The molecule has 0 bridgehead atoms. The normalized spacial score (nSPS) is 21.5. The van der Waals surface area contributed by atoms with E-state index in [0.29, 0.717) is 44.0 Å². The fourth-order valence-electron chi connectivity index (χ4n) is 4.85. The van der Waals surface area contributed by atoms with Crippen LogP contribution in [0, 0.1) is 11.6 Å². The van der Waals surface area contributed by atoms with E-state index >= 15 is 0 Å². The Bertz CT molecular complexity index is 1250. The van der Waals surface area contributed by atoms with Crippen molar-refractivity contribution in [1.82, 2.24) is 5.32 Å². The second-order valence-electron chi connectivity index (χ2n) is 8.60. The molecular weight excluding hydrogens is 440 g/mol. The monoisotopic (exact) mass is 461 g/mol. The highest BCUT2D eigenvalue weighted by molar-refractivity contribution is 7.92. The van der Waals surface area contributed by atoms with Gasteiger partial charge in [-0.3, -0.25) is 14.3 Å². The van der Waals surface area contributed by atoms with Gasteiger partial charge in [0.1, 0.15) is 16.5 Å². The lowest BCUT2D eigenvalue weighted by molar-refractivity contribution is -0.124. The molecule has 3 aliphatic rings. The fourth-order valence-corrected chi connectivity index (χ4v) is 5.95. The van der Waals surface area contributed by atoms with Gasteiger partial charge in [0.25, 0.3) is 10.0 Å². The van der Waals surface area contributed by atoms with Crippen molar-refractivity contribution in [1.29, 1.82) is 0 Å². The van der Waals surface area contributed by atoms with Gasteiger partial charge in [0.05, 0.1) is 5.41 Å².